The van der Waals surface area contributed by atoms with Gasteiger partial charge in [-0.05, 0) is 39.2 Å². The first-order valence-corrected chi connectivity index (χ1v) is 5.66. The molecule has 0 saturated carbocycles. The van der Waals surface area contributed by atoms with Crippen molar-refractivity contribution in [1.82, 2.24) is 4.90 Å². The maximum Gasteiger partial charge on any atom is 0.0553 e. The zero-order valence-corrected chi connectivity index (χ0v) is 9.00. The minimum absolute atomic E-state index is 0.0428. The van der Waals surface area contributed by atoms with Crippen molar-refractivity contribution in [3.8, 4) is 0 Å². The second kappa shape index (κ2) is 5.61. The molecular weight excluding hydrogens is 162 g/mol. The van der Waals surface area contributed by atoms with Crippen LogP contribution in [0, 0.1) is 0 Å². The molecule has 0 aromatic rings. The second-order valence-corrected chi connectivity index (χ2v) is 4.26. The number of nitrogens with zero attached hydrogens (tertiary/aromatic N) is 1. The zero-order valence-electron chi connectivity index (χ0n) is 9.00. The first kappa shape index (κ1) is 11.0. The summed E-state index contributed by atoms with van der Waals surface area (Å²) in [4.78, 5) is 2.53. The lowest BCUT2D eigenvalue weighted by Gasteiger charge is -2.27. The van der Waals surface area contributed by atoms with Crippen LogP contribution < -0.4 is 0 Å². The Labute approximate surface area is 81.9 Å². The summed E-state index contributed by atoms with van der Waals surface area (Å²) >= 11 is 0. The van der Waals surface area contributed by atoms with Crippen LogP contribution in [0.3, 0.4) is 0 Å². The van der Waals surface area contributed by atoms with Crippen LogP contribution in [0.4, 0.5) is 0 Å². The van der Waals surface area contributed by atoms with Crippen molar-refractivity contribution >= 4 is 0 Å². The van der Waals surface area contributed by atoms with E-state index in [9.17, 15) is 5.11 Å². The molecule has 0 amide bonds. The SMILES string of the molecule is CCCC(C)N1CCCC(O)CC1. The maximum absolute atomic E-state index is 9.49. The van der Waals surface area contributed by atoms with Gasteiger partial charge in [0, 0.05) is 12.6 Å². The van der Waals surface area contributed by atoms with Gasteiger partial charge in [-0.15, -0.1) is 0 Å². The van der Waals surface area contributed by atoms with Crippen LogP contribution in [-0.4, -0.2) is 35.2 Å². The summed E-state index contributed by atoms with van der Waals surface area (Å²) in [6.45, 7) is 6.81. The van der Waals surface area contributed by atoms with Crippen LogP contribution in [-0.2, 0) is 0 Å². The summed E-state index contributed by atoms with van der Waals surface area (Å²) in [6.07, 6.45) is 5.63. The molecule has 0 aromatic carbocycles. The normalized spacial score (nSPS) is 28.4. The molecule has 2 nitrogen and oxygen atoms in total. The molecule has 1 aliphatic rings. The Morgan fingerprint density at radius 2 is 2.15 bits per heavy atom. The first-order chi connectivity index (χ1) is 6.24. The van der Waals surface area contributed by atoms with Crippen LogP contribution in [0.2, 0.25) is 0 Å². The molecule has 2 heteroatoms. The van der Waals surface area contributed by atoms with Crippen LogP contribution >= 0.6 is 0 Å². The van der Waals surface area contributed by atoms with E-state index in [1.54, 1.807) is 0 Å². The van der Waals surface area contributed by atoms with E-state index in [0.29, 0.717) is 6.04 Å². The average Bonchev–Trinajstić information content (AvgIpc) is 2.30. The monoisotopic (exact) mass is 185 g/mol. The summed E-state index contributed by atoms with van der Waals surface area (Å²) in [5, 5.41) is 9.49. The standard InChI is InChI=1S/C11H23NO/c1-3-5-10(2)12-8-4-6-11(13)7-9-12/h10-11,13H,3-9H2,1-2H3. The highest BCUT2D eigenvalue weighted by Crippen LogP contribution is 2.15. The van der Waals surface area contributed by atoms with Gasteiger partial charge >= 0.3 is 0 Å². The summed E-state index contributed by atoms with van der Waals surface area (Å²) < 4.78 is 0. The Balaban J connectivity index is 2.32. The smallest absolute Gasteiger partial charge is 0.0553 e. The molecule has 0 aromatic heterocycles. The first-order valence-electron chi connectivity index (χ1n) is 5.66. The van der Waals surface area contributed by atoms with E-state index < -0.39 is 0 Å². The van der Waals surface area contributed by atoms with E-state index in [2.05, 4.69) is 18.7 Å². The maximum atomic E-state index is 9.49. The third kappa shape index (κ3) is 3.65. The molecule has 1 saturated heterocycles. The Hall–Kier alpha value is -0.0800. The van der Waals surface area contributed by atoms with Crippen molar-refractivity contribution < 1.29 is 5.11 Å². The van der Waals surface area contributed by atoms with Gasteiger partial charge in [-0.25, -0.2) is 0 Å². The van der Waals surface area contributed by atoms with E-state index in [1.807, 2.05) is 0 Å². The minimum atomic E-state index is -0.0428. The van der Waals surface area contributed by atoms with Crippen molar-refractivity contribution in [2.24, 2.45) is 0 Å². The van der Waals surface area contributed by atoms with Gasteiger partial charge in [0.1, 0.15) is 0 Å². The van der Waals surface area contributed by atoms with E-state index in [4.69, 9.17) is 0 Å². The molecule has 1 heterocycles. The molecule has 1 rings (SSSR count). The molecule has 1 fully saturated rings. The van der Waals surface area contributed by atoms with E-state index in [0.717, 1.165) is 25.8 Å². The third-order valence-corrected chi connectivity index (χ3v) is 3.06. The highest BCUT2D eigenvalue weighted by Gasteiger charge is 2.18. The fourth-order valence-electron chi connectivity index (χ4n) is 2.14. The topological polar surface area (TPSA) is 23.5 Å². The van der Waals surface area contributed by atoms with E-state index in [1.165, 1.54) is 19.4 Å². The lowest BCUT2D eigenvalue weighted by atomic mass is 10.1. The number of likely N-dealkylation sites (tertiary alicyclic amines) is 1. The average molecular weight is 185 g/mol. The fourth-order valence-corrected chi connectivity index (χ4v) is 2.14. The van der Waals surface area contributed by atoms with Gasteiger partial charge in [0.2, 0.25) is 0 Å². The summed E-state index contributed by atoms with van der Waals surface area (Å²) in [5.41, 5.74) is 0. The van der Waals surface area contributed by atoms with Gasteiger partial charge in [0.05, 0.1) is 6.10 Å². The van der Waals surface area contributed by atoms with E-state index in [-0.39, 0.29) is 6.10 Å². The zero-order chi connectivity index (χ0) is 9.68. The molecule has 78 valence electrons. The quantitative estimate of drug-likeness (QED) is 0.727. The molecule has 2 atom stereocenters. The molecule has 1 aliphatic heterocycles. The molecular formula is C11H23NO. The van der Waals surface area contributed by atoms with Gasteiger partial charge in [0.15, 0.2) is 0 Å². The number of aliphatic hydroxyl groups is 1. The number of hydrogen-bond acceptors (Lipinski definition) is 2. The number of aliphatic hydroxyl groups excluding tert-OH is 1. The van der Waals surface area contributed by atoms with Gasteiger partial charge in [-0.1, -0.05) is 13.3 Å². The summed E-state index contributed by atoms with van der Waals surface area (Å²) in [6, 6.07) is 0.704. The molecule has 2 unspecified atom stereocenters. The molecule has 13 heavy (non-hydrogen) atoms. The Morgan fingerprint density at radius 3 is 2.85 bits per heavy atom. The Bertz CT molecular complexity index is 138. The summed E-state index contributed by atoms with van der Waals surface area (Å²) in [7, 11) is 0. The van der Waals surface area contributed by atoms with Crippen LogP contribution in [0.25, 0.3) is 0 Å². The van der Waals surface area contributed by atoms with Crippen molar-refractivity contribution in [3.63, 3.8) is 0 Å². The van der Waals surface area contributed by atoms with Crippen LogP contribution in [0.15, 0.2) is 0 Å². The third-order valence-electron chi connectivity index (χ3n) is 3.06. The Morgan fingerprint density at radius 1 is 1.38 bits per heavy atom. The lowest BCUT2D eigenvalue weighted by Crippen LogP contribution is -2.34. The molecule has 0 radical (unpaired) electrons. The largest absolute Gasteiger partial charge is 0.393 e. The molecule has 0 spiro atoms. The number of hydrogen-bond donors (Lipinski definition) is 1. The highest BCUT2D eigenvalue weighted by atomic mass is 16.3. The molecule has 0 aliphatic carbocycles. The van der Waals surface area contributed by atoms with Crippen LogP contribution in [0.1, 0.15) is 46.0 Å². The minimum Gasteiger partial charge on any atom is -0.393 e. The van der Waals surface area contributed by atoms with Gasteiger partial charge in [-0.3, -0.25) is 0 Å². The predicted octanol–water partition coefficient (Wildman–Crippen LogP) is 2.02. The number of rotatable bonds is 3. The predicted molar refractivity (Wildman–Crippen MR) is 55.8 cm³/mol. The van der Waals surface area contributed by atoms with Gasteiger partial charge in [-0.2, -0.15) is 0 Å². The highest BCUT2D eigenvalue weighted by molar-refractivity contribution is 4.73. The van der Waals surface area contributed by atoms with Gasteiger partial charge < -0.3 is 10.0 Å². The molecule has 0 bridgehead atoms. The van der Waals surface area contributed by atoms with Crippen LogP contribution in [0.5, 0.6) is 0 Å². The lowest BCUT2D eigenvalue weighted by molar-refractivity contribution is 0.148. The van der Waals surface area contributed by atoms with Crippen molar-refractivity contribution in [2.75, 3.05) is 13.1 Å². The molecule has 1 N–H and O–H groups in total. The fraction of sp³-hybridized carbons (Fsp3) is 1.00. The van der Waals surface area contributed by atoms with E-state index >= 15 is 0 Å². The van der Waals surface area contributed by atoms with Gasteiger partial charge in [0.25, 0.3) is 0 Å². The van der Waals surface area contributed by atoms with Crippen molar-refractivity contribution in [1.29, 1.82) is 0 Å². The summed E-state index contributed by atoms with van der Waals surface area (Å²) in [5.74, 6) is 0. The van der Waals surface area contributed by atoms with Crippen molar-refractivity contribution in [3.05, 3.63) is 0 Å². The van der Waals surface area contributed by atoms with Crippen molar-refractivity contribution in [2.45, 2.75) is 58.1 Å². The Kier molecular flexibility index (Phi) is 4.74. The second-order valence-electron chi connectivity index (χ2n) is 4.26.